The molecule has 0 saturated carbocycles. The number of rotatable bonds is 4. The van der Waals surface area contributed by atoms with Gasteiger partial charge in [-0.15, -0.1) is 0 Å². The maximum absolute atomic E-state index is 5.92. The highest BCUT2D eigenvalue weighted by molar-refractivity contribution is 5.63. The van der Waals surface area contributed by atoms with Crippen LogP contribution in [0.15, 0.2) is 36.5 Å². The first-order valence-electron chi connectivity index (χ1n) is 6.47. The SMILES string of the molecule is CC(N)Cc1cnn(C(C)C)c1-c1ccccc1. The van der Waals surface area contributed by atoms with Gasteiger partial charge in [0.1, 0.15) is 0 Å². The molecule has 3 nitrogen and oxygen atoms in total. The van der Waals surface area contributed by atoms with E-state index in [9.17, 15) is 0 Å². The van der Waals surface area contributed by atoms with Crippen LogP contribution in [-0.4, -0.2) is 15.8 Å². The molecule has 0 spiro atoms. The van der Waals surface area contributed by atoms with E-state index < -0.39 is 0 Å². The lowest BCUT2D eigenvalue weighted by atomic mass is 10.0. The number of aromatic nitrogens is 2. The number of nitrogens with two attached hydrogens (primary N) is 1. The van der Waals surface area contributed by atoms with Crippen LogP contribution in [0, 0.1) is 0 Å². The first kappa shape index (κ1) is 12.8. The monoisotopic (exact) mass is 243 g/mol. The van der Waals surface area contributed by atoms with Crippen LogP contribution in [0.3, 0.4) is 0 Å². The summed E-state index contributed by atoms with van der Waals surface area (Å²) in [6, 6.07) is 10.9. The molecule has 1 aromatic heterocycles. The lowest BCUT2D eigenvalue weighted by Crippen LogP contribution is -2.18. The number of benzene rings is 1. The highest BCUT2D eigenvalue weighted by Crippen LogP contribution is 2.27. The molecule has 0 saturated heterocycles. The summed E-state index contributed by atoms with van der Waals surface area (Å²) >= 11 is 0. The summed E-state index contributed by atoms with van der Waals surface area (Å²) in [6.45, 7) is 6.33. The van der Waals surface area contributed by atoms with Crippen molar-refractivity contribution in [3.63, 3.8) is 0 Å². The summed E-state index contributed by atoms with van der Waals surface area (Å²) in [6.07, 6.45) is 2.81. The van der Waals surface area contributed by atoms with Gasteiger partial charge >= 0.3 is 0 Å². The van der Waals surface area contributed by atoms with E-state index in [2.05, 4.69) is 47.9 Å². The Kier molecular flexibility index (Phi) is 3.82. The van der Waals surface area contributed by atoms with E-state index in [0.717, 1.165) is 6.42 Å². The van der Waals surface area contributed by atoms with Gasteiger partial charge in [-0.25, -0.2) is 0 Å². The lowest BCUT2D eigenvalue weighted by Gasteiger charge is -2.13. The highest BCUT2D eigenvalue weighted by atomic mass is 15.3. The summed E-state index contributed by atoms with van der Waals surface area (Å²) in [5.41, 5.74) is 9.55. The third-order valence-electron chi connectivity index (χ3n) is 2.95. The second-order valence-electron chi connectivity index (χ2n) is 5.10. The molecule has 96 valence electrons. The van der Waals surface area contributed by atoms with E-state index in [1.807, 2.05) is 19.2 Å². The molecule has 0 bridgehead atoms. The van der Waals surface area contributed by atoms with Gasteiger partial charge in [0.25, 0.3) is 0 Å². The highest BCUT2D eigenvalue weighted by Gasteiger charge is 2.15. The van der Waals surface area contributed by atoms with Crippen LogP contribution >= 0.6 is 0 Å². The van der Waals surface area contributed by atoms with Gasteiger partial charge in [0.15, 0.2) is 0 Å². The van der Waals surface area contributed by atoms with Crippen molar-refractivity contribution in [3.8, 4) is 11.3 Å². The maximum Gasteiger partial charge on any atom is 0.0717 e. The zero-order chi connectivity index (χ0) is 13.1. The Bertz CT molecular complexity index is 498. The van der Waals surface area contributed by atoms with Crippen molar-refractivity contribution in [3.05, 3.63) is 42.1 Å². The first-order chi connectivity index (χ1) is 8.59. The molecule has 0 amide bonds. The number of hydrogen-bond donors (Lipinski definition) is 1. The molecule has 3 heteroatoms. The quantitative estimate of drug-likeness (QED) is 0.897. The van der Waals surface area contributed by atoms with E-state index in [4.69, 9.17) is 5.73 Å². The van der Waals surface area contributed by atoms with Crippen LogP contribution in [0.4, 0.5) is 0 Å². The molecule has 1 heterocycles. The molecule has 2 rings (SSSR count). The molecule has 2 aromatic rings. The third-order valence-corrected chi connectivity index (χ3v) is 2.95. The summed E-state index contributed by atoms with van der Waals surface area (Å²) in [5.74, 6) is 0. The third kappa shape index (κ3) is 2.62. The van der Waals surface area contributed by atoms with Gasteiger partial charge in [0, 0.05) is 17.6 Å². The van der Waals surface area contributed by atoms with Gasteiger partial charge in [-0.1, -0.05) is 30.3 Å². The molecule has 0 radical (unpaired) electrons. The van der Waals surface area contributed by atoms with Gasteiger partial charge in [0.05, 0.1) is 11.9 Å². The van der Waals surface area contributed by atoms with Crippen molar-refractivity contribution in [1.29, 1.82) is 0 Å². The van der Waals surface area contributed by atoms with Crippen molar-refractivity contribution in [2.75, 3.05) is 0 Å². The Hall–Kier alpha value is -1.61. The fourth-order valence-electron chi connectivity index (χ4n) is 2.20. The summed E-state index contributed by atoms with van der Waals surface area (Å²) < 4.78 is 2.08. The molecule has 18 heavy (non-hydrogen) atoms. The second kappa shape index (κ2) is 5.36. The Morgan fingerprint density at radius 1 is 1.17 bits per heavy atom. The van der Waals surface area contributed by atoms with Crippen LogP contribution in [0.25, 0.3) is 11.3 Å². The second-order valence-corrected chi connectivity index (χ2v) is 5.10. The molecule has 1 aromatic carbocycles. The number of nitrogens with zero attached hydrogens (tertiary/aromatic N) is 2. The van der Waals surface area contributed by atoms with Crippen molar-refractivity contribution in [2.24, 2.45) is 5.73 Å². The first-order valence-corrected chi connectivity index (χ1v) is 6.47. The minimum Gasteiger partial charge on any atom is -0.328 e. The zero-order valence-corrected chi connectivity index (χ0v) is 11.3. The average molecular weight is 243 g/mol. The van der Waals surface area contributed by atoms with Crippen molar-refractivity contribution in [2.45, 2.75) is 39.3 Å². The summed E-state index contributed by atoms with van der Waals surface area (Å²) in [5, 5.41) is 4.51. The molecule has 2 N–H and O–H groups in total. The molecular formula is C15H21N3. The number of hydrogen-bond acceptors (Lipinski definition) is 2. The smallest absolute Gasteiger partial charge is 0.0717 e. The van der Waals surface area contributed by atoms with E-state index in [1.165, 1.54) is 16.8 Å². The van der Waals surface area contributed by atoms with Gasteiger partial charge in [-0.2, -0.15) is 5.10 Å². The van der Waals surface area contributed by atoms with Gasteiger partial charge in [0.2, 0.25) is 0 Å². The van der Waals surface area contributed by atoms with Gasteiger partial charge in [-0.3, -0.25) is 4.68 Å². The lowest BCUT2D eigenvalue weighted by molar-refractivity contribution is 0.538. The zero-order valence-electron chi connectivity index (χ0n) is 11.3. The molecular weight excluding hydrogens is 222 g/mol. The molecule has 1 unspecified atom stereocenters. The fraction of sp³-hybridized carbons (Fsp3) is 0.400. The topological polar surface area (TPSA) is 43.8 Å². The maximum atomic E-state index is 5.92. The van der Waals surface area contributed by atoms with E-state index in [0.29, 0.717) is 6.04 Å². The fourth-order valence-corrected chi connectivity index (χ4v) is 2.20. The normalized spacial score (nSPS) is 12.9. The minimum absolute atomic E-state index is 0.150. The van der Waals surface area contributed by atoms with Gasteiger partial charge in [-0.05, 0) is 32.8 Å². The summed E-state index contributed by atoms with van der Waals surface area (Å²) in [4.78, 5) is 0. The molecule has 1 atom stereocenters. The van der Waals surface area contributed by atoms with Gasteiger partial charge < -0.3 is 5.73 Å². The van der Waals surface area contributed by atoms with Crippen LogP contribution in [0.2, 0.25) is 0 Å². The Labute approximate surface area is 109 Å². The average Bonchev–Trinajstić information content (AvgIpc) is 2.73. The van der Waals surface area contributed by atoms with E-state index in [-0.39, 0.29) is 6.04 Å². The van der Waals surface area contributed by atoms with Crippen molar-refractivity contribution >= 4 is 0 Å². The predicted molar refractivity (Wildman–Crippen MR) is 75.4 cm³/mol. The van der Waals surface area contributed by atoms with Crippen LogP contribution in [-0.2, 0) is 6.42 Å². The van der Waals surface area contributed by atoms with Crippen molar-refractivity contribution in [1.82, 2.24) is 9.78 Å². The molecule has 0 aliphatic rings. The Morgan fingerprint density at radius 3 is 2.39 bits per heavy atom. The standard InChI is InChI=1S/C15H21N3/c1-11(2)18-15(13-7-5-4-6-8-13)14(10-17-18)9-12(3)16/h4-8,10-12H,9,16H2,1-3H3. The van der Waals surface area contributed by atoms with Crippen LogP contribution in [0.1, 0.15) is 32.4 Å². The molecule has 0 aliphatic heterocycles. The van der Waals surface area contributed by atoms with Crippen LogP contribution in [0.5, 0.6) is 0 Å². The van der Waals surface area contributed by atoms with Crippen molar-refractivity contribution < 1.29 is 0 Å². The minimum atomic E-state index is 0.150. The Morgan fingerprint density at radius 2 is 1.83 bits per heavy atom. The Balaban J connectivity index is 2.50. The van der Waals surface area contributed by atoms with E-state index >= 15 is 0 Å². The predicted octanol–water partition coefficient (Wildman–Crippen LogP) is 3.02. The molecule has 0 fully saturated rings. The molecule has 0 aliphatic carbocycles. The largest absolute Gasteiger partial charge is 0.328 e. The van der Waals surface area contributed by atoms with E-state index in [1.54, 1.807) is 0 Å². The summed E-state index contributed by atoms with van der Waals surface area (Å²) in [7, 11) is 0. The van der Waals surface area contributed by atoms with Crippen LogP contribution < -0.4 is 5.73 Å².